The molecule has 0 aromatic heterocycles. The van der Waals surface area contributed by atoms with E-state index in [2.05, 4.69) is 182 Å². The van der Waals surface area contributed by atoms with Gasteiger partial charge in [-0.1, -0.05) is 182 Å². The van der Waals surface area contributed by atoms with Gasteiger partial charge in [-0.3, -0.25) is 0 Å². The van der Waals surface area contributed by atoms with Crippen LogP contribution >= 0.6 is 0 Å². The van der Waals surface area contributed by atoms with Crippen molar-refractivity contribution in [3.8, 4) is 44.5 Å². The average Bonchev–Trinajstić information content (AvgIpc) is 3.16. The maximum atomic E-state index is 2.32. The second-order valence-corrected chi connectivity index (χ2v) is 12.9. The summed E-state index contributed by atoms with van der Waals surface area (Å²) in [5.74, 6) is 0. The minimum atomic E-state index is 1.24. The summed E-state index contributed by atoms with van der Waals surface area (Å²) in [6.07, 6.45) is 0. The van der Waals surface area contributed by atoms with Gasteiger partial charge >= 0.3 is 0 Å². The molecular weight excluding hydrogens is 577 g/mol. The molecule has 0 saturated carbocycles. The summed E-state index contributed by atoms with van der Waals surface area (Å²) in [6, 6.07) is 67.0. The Morgan fingerprint density at radius 1 is 0.188 bits per heavy atom. The van der Waals surface area contributed by atoms with Crippen LogP contribution in [0.1, 0.15) is 0 Å². The lowest BCUT2D eigenvalue weighted by atomic mass is 9.86. The Kier molecular flexibility index (Phi) is 5.98. The van der Waals surface area contributed by atoms with E-state index in [1.54, 1.807) is 0 Å². The van der Waals surface area contributed by atoms with Gasteiger partial charge in [-0.05, 0) is 98.4 Å². The van der Waals surface area contributed by atoms with E-state index in [4.69, 9.17) is 0 Å². The number of hydrogen-bond donors (Lipinski definition) is 0. The standard InChI is InChI=1S/C48H30/c1-3-11-39-31(7-1)9-5-13-41(39)33-15-19-35(20-16-33)43-27-23-37-26-30-46-44(28-24-38-25-29-45(43)47(37)48(38)46)36-21-17-34(18-22-36)42-14-6-10-32-8-2-4-12-40(32)42/h1-30H. The zero-order valence-corrected chi connectivity index (χ0v) is 26.3. The summed E-state index contributed by atoms with van der Waals surface area (Å²) in [5, 5.41) is 13.0. The molecule has 0 unspecified atom stereocenters. The molecule has 0 aliphatic heterocycles. The lowest BCUT2D eigenvalue weighted by Crippen LogP contribution is -1.90. The molecule has 48 heavy (non-hydrogen) atoms. The Morgan fingerprint density at radius 2 is 0.521 bits per heavy atom. The molecular formula is C48H30. The van der Waals surface area contributed by atoms with Crippen molar-refractivity contribution in [3.05, 3.63) is 182 Å². The lowest BCUT2D eigenvalue weighted by Gasteiger charge is -2.17. The van der Waals surface area contributed by atoms with Crippen LogP contribution in [0.3, 0.4) is 0 Å². The van der Waals surface area contributed by atoms with Crippen molar-refractivity contribution in [1.29, 1.82) is 0 Å². The largest absolute Gasteiger partial charge is 0.0616 e. The van der Waals surface area contributed by atoms with Crippen LogP contribution in [0.4, 0.5) is 0 Å². The predicted octanol–water partition coefficient (Wildman–Crippen LogP) is 13.6. The molecule has 0 aliphatic rings. The average molecular weight is 607 g/mol. The summed E-state index contributed by atoms with van der Waals surface area (Å²) in [5.41, 5.74) is 10.0. The molecule has 0 atom stereocenters. The maximum Gasteiger partial charge on any atom is -0.00203 e. The van der Waals surface area contributed by atoms with Gasteiger partial charge in [0.15, 0.2) is 0 Å². The molecule has 0 heteroatoms. The van der Waals surface area contributed by atoms with Crippen LogP contribution in [0.2, 0.25) is 0 Å². The molecule has 0 radical (unpaired) electrons. The van der Waals surface area contributed by atoms with Gasteiger partial charge in [0.05, 0.1) is 0 Å². The number of fused-ring (bicyclic) bond motifs is 2. The Bertz CT molecular complexity index is 2590. The first-order valence-electron chi connectivity index (χ1n) is 16.7. The zero-order chi connectivity index (χ0) is 31.6. The van der Waals surface area contributed by atoms with Gasteiger partial charge in [0.2, 0.25) is 0 Å². The highest BCUT2D eigenvalue weighted by molar-refractivity contribution is 6.27. The highest BCUT2D eigenvalue weighted by Crippen LogP contribution is 2.43. The fraction of sp³-hybridized carbons (Fsp3) is 0. The van der Waals surface area contributed by atoms with Gasteiger partial charge in [-0.25, -0.2) is 0 Å². The predicted molar refractivity (Wildman–Crippen MR) is 207 cm³/mol. The van der Waals surface area contributed by atoms with Crippen molar-refractivity contribution in [2.45, 2.75) is 0 Å². The van der Waals surface area contributed by atoms with Gasteiger partial charge < -0.3 is 0 Å². The first-order valence-corrected chi connectivity index (χ1v) is 16.7. The molecule has 0 heterocycles. The highest BCUT2D eigenvalue weighted by atomic mass is 14.2. The van der Waals surface area contributed by atoms with Crippen LogP contribution < -0.4 is 0 Å². The van der Waals surface area contributed by atoms with Crippen molar-refractivity contribution < 1.29 is 0 Å². The minimum absolute atomic E-state index is 1.24. The first kappa shape index (κ1) is 26.9. The van der Waals surface area contributed by atoms with E-state index < -0.39 is 0 Å². The second kappa shape index (κ2) is 10.7. The molecule has 0 amide bonds. The van der Waals surface area contributed by atoms with Gasteiger partial charge in [0, 0.05) is 0 Å². The van der Waals surface area contributed by atoms with Gasteiger partial charge in [-0.15, -0.1) is 0 Å². The van der Waals surface area contributed by atoms with E-state index >= 15 is 0 Å². The monoisotopic (exact) mass is 606 g/mol. The van der Waals surface area contributed by atoms with Crippen LogP contribution in [-0.2, 0) is 0 Å². The quantitative estimate of drug-likeness (QED) is 0.175. The van der Waals surface area contributed by atoms with E-state index in [-0.39, 0.29) is 0 Å². The Labute approximate surface area is 279 Å². The summed E-state index contributed by atoms with van der Waals surface area (Å²) >= 11 is 0. The lowest BCUT2D eigenvalue weighted by molar-refractivity contribution is 1.62. The van der Waals surface area contributed by atoms with E-state index in [9.17, 15) is 0 Å². The molecule has 10 aromatic carbocycles. The van der Waals surface area contributed by atoms with E-state index in [0.29, 0.717) is 0 Å². The third kappa shape index (κ3) is 4.16. The third-order valence-electron chi connectivity index (χ3n) is 10.3. The molecule has 0 saturated heterocycles. The summed E-state index contributed by atoms with van der Waals surface area (Å²) in [7, 11) is 0. The van der Waals surface area contributed by atoms with Gasteiger partial charge in [0.25, 0.3) is 0 Å². The van der Waals surface area contributed by atoms with Crippen molar-refractivity contribution >= 4 is 53.9 Å². The third-order valence-corrected chi connectivity index (χ3v) is 10.3. The number of benzene rings is 10. The molecule has 222 valence electrons. The van der Waals surface area contributed by atoms with Crippen molar-refractivity contribution in [2.24, 2.45) is 0 Å². The van der Waals surface area contributed by atoms with E-state index in [0.717, 1.165) is 0 Å². The fourth-order valence-corrected chi connectivity index (χ4v) is 7.92. The summed E-state index contributed by atoms with van der Waals surface area (Å²) in [6.45, 7) is 0. The van der Waals surface area contributed by atoms with E-state index in [1.165, 1.54) is 98.4 Å². The smallest absolute Gasteiger partial charge is 0.00203 e. The zero-order valence-electron chi connectivity index (χ0n) is 26.3. The van der Waals surface area contributed by atoms with Crippen molar-refractivity contribution in [1.82, 2.24) is 0 Å². The molecule has 0 N–H and O–H groups in total. The van der Waals surface area contributed by atoms with Crippen molar-refractivity contribution in [3.63, 3.8) is 0 Å². The van der Waals surface area contributed by atoms with Crippen LogP contribution in [-0.4, -0.2) is 0 Å². The molecule has 0 fully saturated rings. The molecule has 0 nitrogen and oxygen atoms in total. The van der Waals surface area contributed by atoms with Crippen LogP contribution in [0.25, 0.3) is 98.4 Å². The number of hydrogen-bond acceptors (Lipinski definition) is 0. The number of rotatable bonds is 4. The van der Waals surface area contributed by atoms with Crippen LogP contribution in [0, 0.1) is 0 Å². The van der Waals surface area contributed by atoms with Gasteiger partial charge in [-0.2, -0.15) is 0 Å². The van der Waals surface area contributed by atoms with E-state index in [1.807, 2.05) is 0 Å². The molecule has 0 bridgehead atoms. The normalized spacial score (nSPS) is 11.8. The molecule has 0 spiro atoms. The van der Waals surface area contributed by atoms with Gasteiger partial charge in [0.1, 0.15) is 0 Å². The first-order chi connectivity index (χ1) is 23.8. The van der Waals surface area contributed by atoms with Crippen LogP contribution in [0.15, 0.2) is 182 Å². The highest BCUT2D eigenvalue weighted by Gasteiger charge is 2.15. The Hall–Kier alpha value is -6.24. The fourth-order valence-electron chi connectivity index (χ4n) is 7.92. The SMILES string of the molecule is c1ccc2c(-c3ccc(-c4ccc5ccc6c(-c7ccc(-c8cccc9ccccc89)cc7)ccc7ccc4c5c76)cc3)cccc2c1. The molecule has 0 aliphatic carbocycles. The Morgan fingerprint density at radius 3 is 0.938 bits per heavy atom. The van der Waals surface area contributed by atoms with Crippen molar-refractivity contribution in [2.75, 3.05) is 0 Å². The maximum absolute atomic E-state index is 2.32. The second-order valence-electron chi connectivity index (χ2n) is 12.9. The topological polar surface area (TPSA) is 0 Å². The summed E-state index contributed by atoms with van der Waals surface area (Å²) < 4.78 is 0. The Balaban J connectivity index is 1.08. The minimum Gasteiger partial charge on any atom is -0.0616 e. The summed E-state index contributed by atoms with van der Waals surface area (Å²) in [4.78, 5) is 0. The molecule has 10 aromatic rings. The molecule has 10 rings (SSSR count). The van der Waals surface area contributed by atoms with Crippen LogP contribution in [0.5, 0.6) is 0 Å².